The van der Waals surface area contributed by atoms with E-state index in [0.29, 0.717) is 46.5 Å². The number of benzene rings is 2. The van der Waals surface area contributed by atoms with E-state index in [0.717, 1.165) is 12.1 Å². The summed E-state index contributed by atoms with van der Waals surface area (Å²) in [6.07, 6.45) is 4.74. The molecule has 0 radical (unpaired) electrons. The second-order valence-electron chi connectivity index (χ2n) is 12.1. The molecule has 1 saturated heterocycles. The summed E-state index contributed by atoms with van der Waals surface area (Å²) in [4.78, 5) is 25.2. The van der Waals surface area contributed by atoms with Gasteiger partial charge in [0.15, 0.2) is 0 Å². The van der Waals surface area contributed by atoms with E-state index in [1.54, 1.807) is 48.8 Å². The maximum atomic E-state index is 15.7. The molecule has 1 atom stereocenters. The Kier molecular flexibility index (Phi) is 8.09. The van der Waals surface area contributed by atoms with E-state index in [4.69, 9.17) is 26.1 Å². The molecular weight excluding hydrogens is 644 g/mol. The minimum Gasteiger partial charge on any atom is -0.478 e. The maximum Gasteiger partial charge on any atom is 0.335 e. The third-order valence-corrected chi connectivity index (χ3v) is 8.73. The van der Waals surface area contributed by atoms with Crippen molar-refractivity contribution in [3.63, 3.8) is 0 Å². The Morgan fingerprint density at radius 1 is 1.12 bits per heavy atom. The van der Waals surface area contributed by atoms with Crippen LogP contribution in [0.4, 0.5) is 8.78 Å². The van der Waals surface area contributed by atoms with Crippen LogP contribution in [-0.4, -0.2) is 58.8 Å². The van der Waals surface area contributed by atoms with Crippen molar-refractivity contribution in [2.24, 2.45) is 5.41 Å². The van der Waals surface area contributed by atoms with E-state index in [1.807, 2.05) is 18.4 Å². The van der Waals surface area contributed by atoms with Gasteiger partial charge in [0.05, 0.1) is 76.5 Å². The largest absolute Gasteiger partial charge is 0.478 e. The zero-order chi connectivity index (χ0) is 33.6. The molecule has 1 N–H and O–H groups in total. The summed E-state index contributed by atoms with van der Waals surface area (Å²) in [5.74, 6) is -1.75. The van der Waals surface area contributed by atoms with Gasteiger partial charge >= 0.3 is 5.97 Å². The van der Waals surface area contributed by atoms with E-state index in [-0.39, 0.29) is 52.7 Å². The minimum absolute atomic E-state index is 0.0134. The molecule has 0 unspecified atom stereocenters. The topological polar surface area (TPSA) is 130 Å². The fourth-order valence-electron chi connectivity index (χ4n) is 5.84. The summed E-state index contributed by atoms with van der Waals surface area (Å²) >= 11 is 6.40. The molecule has 1 fully saturated rings. The molecule has 6 aromatic rings. The predicted molar refractivity (Wildman–Crippen MR) is 171 cm³/mol. The van der Waals surface area contributed by atoms with Crippen LogP contribution in [0.2, 0.25) is 5.02 Å². The summed E-state index contributed by atoms with van der Waals surface area (Å²) in [6, 6.07) is 13.2. The molecule has 48 heavy (non-hydrogen) atoms. The number of aromatic carboxylic acids is 1. The van der Waals surface area contributed by atoms with Crippen LogP contribution in [0.15, 0.2) is 73.2 Å². The van der Waals surface area contributed by atoms with Gasteiger partial charge in [0.2, 0.25) is 5.88 Å². The number of rotatable bonds is 9. The normalized spacial score (nSPS) is 15.6. The number of fused-ring (bicyclic) bond motifs is 1. The molecule has 0 saturated carbocycles. The summed E-state index contributed by atoms with van der Waals surface area (Å²) in [5.41, 5.74) is 2.24. The van der Waals surface area contributed by atoms with Gasteiger partial charge in [0.25, 0.3) is 0 Å². The molecule has 0 spiro atoms. The molecule has 14 heteroatoms. The van der Waals surface area contributed by atoms with Crippen LogP contribution >= 0.6 is 11.6 Å². The molecule has 1 aliphatic heterocycles. The zero-order valence-corrected chi connectivity index (χ0v) is 26.5. The number of carboxylic acids is 1. The molecule has 0 bridgehead atoms. The Morgan fingerprint density at radius 2 is 1.98 bits per heavy atom. The fraction of sp³-hybridized carbons (Fsp3) is 0.235. The van der Waals surface area contributed by atoms with Gasteiger partial charge in [0, 0.05) is 23.5 Å². The maximum absolute atomic E-state index is 15.7. The van der Waals surface area contributed by atoms with E-state index >= 15 is 8.78 Å². The number of pyridine rings is 2. The quantitative estimate of drug-likeness (QED) is 0.184. The van der Waals surface area contributed by atoms with Crippen LogP contribution in [0.3, 0.4) is 0 Å². The first-order valence-corrected chi connectivity index (χ1v) is 15.4. The van der Waals surface area contributed by atoms with E-state index < -0.39 is 17.6 Å². The lowest BCUT2D eigenvalue weighted by atomic mass is 9.87. The molecule has 0 aliphatic carbocycles. The van der Waals surface area contributed by atoms with Crippen molar-refractivity contribution < 1.29 is 28.2 Å². The number of ether oxygens (including phenoxy) is 2. The van der Waals surface area contributed by atoms with Gasteiger partial charge in [-0.1, -0.05) is 36.7 Å². The van der Waals surface area contributed by atoms with Gasteiger partial charge in [-0.05, 0) is 48.0 Å². The third-order valence-electron chi connectivity index (χ3n) is 8.40. The van der Waals surface area contributed by atoms with Crippen LogP contribution in [0.25, 0.3) is 28.0 Å². The lowest BCUT2D eigenvalue weighted by Crippen LogP contribution is -2.27. The Bertz CT molecular complexity index is 2170. The molecule has 244 valence electrons. The summed E-state index contributed by atoms with van der Waals surface area (Å²) < 4.78 is 46.4. The van der Waals surface area contributed by atoms with Crippen molar-refractivity contribution in [3.8, 4) is 22.8 Å². The van der Waals surface area contributed by atoms with Crippen molar-refractivity contribution in [1.29, 1.82) is 0 Å². The van der Waals surface area contributed by atoms with Gasteiger partial charge in [-0.25, -0.2) is 28.2 Å². The highest BCUT2D eigenvalue weighted by Crippen LogP contribution is 2.40. The number of halogens is 3. The van der Waals surface area contributed by atoms with Crippen molar-refractivity contribution in [3.05, 3.63) is 112 Å². The fourth-order valence-corrected chi connectivity index (χ4v) is 6.05. The second kappa shape index (κ2) is 12.4. The number of hydrogen-bond donors (Lipinski definition) is 1. The molecule has 7 rings (SSSR count). The number of hydrogen-bond acceptors (Lipinski definition) is 8. The summed E-state index contributed by atoms with van der Waals surface area (Å²) in [5, 5.41) is 17.6. The molecule has 1 aliphatic rings. The first-order valence-electron chi connectivity index (χ1n) is 15.0. The van der Waals surface area contributed by atoms with Gasteiger partial charge in [-0.15, -0.1) is 5.10 Å². The highest BCUT2D eigenvalue weighted by atomic mass is 35.5. The Morgan fingerprint density at radius 3 is 2.71 bits per heavy atom. The Hall–Kier alpha value is -5.27. The van der Waals surface area contributed by atoms with Crippen LogP contribution in [0.1, 0.15) is 47.3 Å². The Labute approximate surface area is 277 Å². The van der Waals surface area contributed by atoms with Crippen molar-refractivity contribution >= 4 is 28.6 Å². The van der Waals surface area contributed by atoms with Crippen LogP contribution in [0.5, 0.6) is 5.88 Å². The van der Waals surface area contributed by atoms with Gasteiger partial charge in [-0.3, -0.25) is 4.98 Å². The molecular formula is C34H28ClF2N7O4. The van der Waals surface area contributed by atoms with Gasteiger partial charge in [-0.2, -0.15) is 0 Å². The number of imidazole rings is 1. The first-order chi connectivity index (χ1) is 23.1. The second-order valence-corrected chi connectivity index (χ2v) is 12.6. The highest BCUT2D eigenvalue weighted by molar-refractivity contribution is 6.31. The average molecular weight is 672 g/mol. The molecule has 0 amide bonds. The lowest BCUT2D eigenvalue weighted by molar-refractivity contribution is 0.0697. The van der Waals surface area contributed by atoms with E-state index in [1.165, 1.54) is 16.9 Å². The molecule has 11 nitrogen and oxygen atoms in total. The molecule has 4 aromatic heterocycles. The average Bonchev–Trinajstić information content (AvgIpc) is 3.80. The number of nitrogens with zero attached hydrogens (tertiary/aromatic N) is 7. The van der Waals surface area contributed by atoms with Crippen LogP contribution in [0, 0.1) is 17.0 Å². The van der Waals surface area contributed by atoms with Crippen molar-refractivity contribution in [1.82, 2.24) is 34.5 Å². The predicted octanol–water partition coefficient (Wildman–Crippen LogP) is 6.47. The number of aromatic nitrogens is 7. The first kappa shape index (κ1) is 31.3. The van der Waals surface area contributed by atoms with Gasteiger partial charge < -0.3 is 19.1 Å². The summed E-state index contributed by atoms with van der Waals surface area (Å²) in [7, 11) is 0. The lowest BCUT2D eigenvalue weighted by Gasteiger charge is -2.28. The highest BCUT2D eigenvalue weighted by Gasteiger charge is 2.39. The zero-order valence-electron chi connectivity index (χ0n) is 25.8. The smallest absolute Gasteiger partial charge is 0.335 e. The van der Waals surface area contributed by atoms with Crippen molar-refractivity contribution in [2.45, 2.75) is 32.9 Å². The van der Waals surface area contributed by atoms with E-state index in [2.05, 4.69) is 20.3 Å². The standard InChI is InChI=1S/C34H28ClF2N7O4/c1-34(2)18-47-17-30(34)44-29-11-19(33(45)46)6-7-27(29)40-31(44)12-20-10-25(37)22(14-24(20)36)26-4-3-5-32(41-26)48-16-28-23(35)13-21(15-38-28)43-9-8-39-42-43/h3-11,13-15,30H,12,16-18H2,1-2H3,(H,45,46)/t30-/m1/s1. The SMILES string of the molecule is CC1(C)COC[C@H]1n1c(Cc2cc(F)c(-c3cccc(OCc4ncc(-n5ccnn5)cc4Cl)n3)cc2F)nc2ccc(C(=O)O)cc21. The van der Waals surface area contributed by atoms with Crippen LogP contribution in [-0.2, 0) is 17.8 Å². The summed E-state index contributed by atoms with van der Waals surface area (Å²) in [6.45, 7) is 4.94. The molecule has 5 heterocycles. The third kappa shape index (κ3) is 5.98. The number of carboxylic acid groups (broad SMARTS) is 1. The van der Waals surface area contributed by atoms with Crippen molar-refractivity contribution in [2.75, 3.05) is 13.2 Å². The monoisotopic (exact) mass is 671 g/mol. The minimum atomic E-state index is -1.07. The van der Waals surface area contributed by atoms with E-state index in [9.17, 15) is 9.90 Å². The number of carbonyl (C=O) groups is 1. The van der Waals surface area contributed by atoms with Gasteiger partial charge in [0.1, 0.15) is 24.1 Å². The van der Waals surface area contributed by atoms with Crippen LogP contribution < -0.4 is 4.74 Å². The Balaban J connectivity index is 1.15. The molecule has 2 aromatic carbocycles.